The molecule has 0 unspecified atom stereocenters. The number of phenolic OH excluding ortho intramolecular Hbond substituents is 1. The number of aromatic hydroxyl groups is 1. The Bertz CT molecular complexity index is 549. The van der Waals surface area contributed by atoms with Gasteiger partial charge in [-0.1, -0.05) is 5.57 Å². The summed E-state index contributed by atoms with van der Waals surface area (Å²) in [6.45, 7) is 9.33. The second-order valence-electron chi connectivity index (χ2n) is 5.46. The van der Waals surface area contributed by atoms with Gasteiger partial charge in [-0.3, -0.25) is 15.0 Å². The maximum Gasteiger partial charge on any atom is 0.270 e. The van der Waals surface area contributed by atoms with Crippen molar-refractivity contribution in [3.8, 4) is 5.75 Å². The summed E-state index contributed by atoms with van der Waals surface area (Å²) in [6.07, 6.45) is 0.675. The van der Waals surface area contributed by atoms with Gasteiger partial charge in [0.25, 0.3) is 5.69 Å². The summed E-state index contributed by atoms with van der Waals surface area (Å²) in [5.41, 5.74) is 1.60. The first-order valence-electron chi connectivity index (χ1n) is 7.05. The summed E-state index contributed by atoms with van der Waals surface area (Å²) in [7, 11) is 0. The molecule has 0 saturated carbocycles. The van der Waals surface area contributed by atoms with Gasteiger partial charge in [0, 0.05) is 49.9 Å². The molecule has 0 aliphatic carbocycles. The second kappa shape index (κ2) is 9.72. The third-order valence-electron chi connectivity index (χ3n) is 3.72. The van der Waals surface area contributed by atoms with Crippen LogP contribution in [0.4, 0.5) is 5.69 Å². The number of nitrogens with zero attached hydrogens (tertiary/aromatic N) is 2. The van der Waals surface area contributed by atoms with Crippen molar-refractivity contribution in [1.82, 2.24) is 10.2 Å². The third-order valence-corrected chi connectivity index (χ3v) is 3.72. The summed E-state index contributed by atoms with van der Waals surface area (Å²) in [4.78, 5) is 12.8. The van der Waals surface area contributed by atoms with Gasteiger partial charge in [0.2, 0.25) is 0 Å². The molecular weight excluding hydrogens is 341 g/mol. The molecule has 0 bridgehead atoms. The SMILES string of the molecule is C=C(C)C[C@@H](c1cc([N+](=O)[O-])ccc1O)N1CCNCC1.Cl.Cl. The summed E-state index contributed by atoms with van der Waals surface area (Å²) >= 11 is 0. The molecule has 1 heterocycles. The molecule has 1 aliphatic heterocycles. The number of piperazine rings is 1. The normalized spacial score (nSPS) is 15.9. The highest BCUT2D eigenvalue weighted by Gasteiger charge is 2.26. The lowest BCUT2D eigenvalue weighted by atomic mass is 9.96. The van der Waals surface area contributed by atoms with Crippen LogP contribution in [0.2, 0.25) is 0 Å². The zero-order valence-electron chi connectivity index (χ0n) is 13.0. The minimum absolute atomic E-state index is 0. The van der Waals surface area contributed by atoms with Gasteiger partial charge in [0.15, 0.2) is 0 Å². The van der Waals surface area contributed by atoms with Gasteiger partial charge in [-0.15, -0.1) is 31.4 Å². The molecule has 8 heteroatoms. The van der Waals surface area contributed by atoms with Gasteiger partial charge in [0.05, 0.1) is 4.92 Å². The highest BCUT2D eigenvalue weighted by Crippen LogP contribution is 2.35. The Balaban J connectivity index is 0.00000242. The lowest BCUT2D eigenvalue weighted by Gasteiger charge is -2.35. The number of benzene rings is 1. The summed E-state index contributed by atoms with van der Waals surface area (Å²) in [5.74, 6) is 0.102. The van der Waals surface area contributed by atoms with Crippen LogP contribution >= 0.6 is 24.8 Å². The first-order chi connectivity index (χ1) is 9.99. The molecule has 2 rings (SSSR count). The van der Waals surface area contributed by atoms with Crippen LogP contribution in [0.1, 0.15) is 24.9 Å². The van der Waals surface area contributed by atoms with Gasteiger partial charge in [-0.2, -0.15) is 0 Å². The highest BCUT2D eigenvalue weighted by molar-refractivity contribution is 5.85. The number of rotatable bonds is 5. The molecule has 0 spiro atoms. The summed E-state index contributed by atoms with van der Waals surface area (Å²) < 4.78 is 0. The predicted molar refractivity (Wildman–Crippen MR) is 95.9 cm³/mol. The van der Waals surface area contributed by atoms with Crippen molar-refractivity contribution in [1.29, 1.82) is 0 Å². The highest BCUT2D eigenvalue weighted by atomic mass is 35.5. The Hall–Kier alpha value is -1.34. The molecule has 130 valence electrons. The Labute approximate surface area is 148 Å². The molecule has 1 aromatic rings. The molecule has 2 N–H and O–H groups in total. The number of nitro groups is 1. The Morgan fingerprint density at radius 3 is 2.57 bits per heavy atom. The van der Waals surface area contributed by atoms with Crippen molar-refractivity contribution in [2.24, 2.45) is 0 Å². The largest absolute Gasteiger partial charge is 0.508 e. The molecule has 1 aromatic carbocycles. The van der Waals surface area contributed by atoms with Crippen LogP contribution in [0.15, 0.2) is 30.4 Å². The number of halogens is 2. The molecule has 1 atom stereocenters. The maximum atomic E-state index is 11.0. The average molecular weight is 364 g/mol. The fourth-order valence-electron chi connectivity index (χ4n) is 2.68. The molecule has 0 radical (unpaired) electrons. The van der Waals surface area contributed by atoms with Crippen LogP contribution < -0.4 is 5.32 Å². The van der Waals surface area contributed by atoms with Gasteiger partial charge >= 0.3 is 0 Å². The lowest BCUT2D eigenvalue weighted by molar-refractivity contribution is -0.385. The number of nitro benzene ring substituents is 1. The molecule has 23 heavy (non-hydrogen) atoms. The monoisotopic (exact) mass is 363 g/mol. The number of hydrogen-bond acceptors (Lipinski definition) is 5. The van der Waals surface area contributed by atoms with Gasteiger partial charge in [-0.05, 0) is 19.4 Å². The Kier molecular flexibility index (Phi) is 9.16. The molecule has 1 aliphatic rings. The maximum absolute atomic E-state index is 11.0. The lowest BCUT2D eigenvalue weighted by Crippen LogP contribution is -2.45. The van der Waals surface area contributed by atoms with Crippen molar-refractivity contribution in [3.05, 3.63) is 46.0 Å². The zero-order chi connectivity index (χ0) is 15.4. The van der Waals surface area contributed by atoms with Crippen LogP contribution in [-0.4, -0.2) is 41.1 Å². The van der Waals surface area contributed by atoms with E-state index in [1.54, 1.807) is 0 Å². The molecule has 6 nitrogen and oxygen atoms in total. The van der Waals surface area contributed by atoms with Crippen LogP contribution in [0.3, 0.4) is 0 Å². The topological polar surface area (TPSA) is 78.6 Å². The quantitative estimate of drug-likeness (QED) is 0.477. The van der Waals surface area contributed by atoms with Gasteiger partial charge in [0.1, 0.15) is 5.75 Å². The van der Waals surface area contributed by atoms with E-state index in [9.17, 15) is 15.2 Å². The fraction of sp³-hybridized carbons (Fsp3) is 0.467. The first kappa shape index (κ1) is 21.7. The number of hydrogen-bond donors (Lipinski definition) is 2. The minimum atomic E-state index is -0.432. The number of nitrogens with one attached hydrogen (secondary N) is 1. The van der Waals surface area contributed by atoms with Crippen molar-refractivity contribution in [3.63, 3.8) is 0 Å². The van der Waals surface area contributed by atoms with Gasteiger partial charge in [-0.25, -0.2) is 0 Å². The van der Waals surface area contributed by atoms with Crippen LogP contribution in [-0.2, 0) is 0 Å². The van der Waals surface area contributed by atoms with Crippen molar-refractivity contribution in [2.75, 3.05) is 26.2 Å². The second-order valence-corrected chi connectivity index (χ2v) is 5.46. The van der Waals surface area contributed by atoms with Crippen LogP contribution in [0.5, 0.6) is 5.75 Å². The zero-order valence-corrected chi connectivity index (χ0v) is 14.7. The van der Waals surface area contributed by atoms with Gasteiger partial charge < -0.3 is 10.4 Å². The van der Waals surface area contributed by atoms with E-state index < -0.39 is 4.92 Å². The van der Waals surface area contributed by atoms with Crippen molar-refractivity contribution < 1.29 is 10.0 Å². The third kappa shape index (κ3) is 5.66. The van der Waals surface area contributed by atoms with E-state index in [-0.39, 0.29) is 42.3 Å². The van der Waals surface area contributed by atoms with E-state index >= 15 is 0 Å². The summed E-state index contributed by atoms with van der Waals surface area (Å²) in [5, 5.41) is 24.4. The van der Waals surface area contributed by atoms with E-state index in [1.807, 2.05) is 6.92 Å². The first-order valence-corrected chi connectivity index (χ1v) is 7.05. The van der Waals surface area contributed by atoms with E-state index in [4.69, 9.17) is 0 Å². The molecule has 1 fully saturated rings. The molecular formula is C15H23Cl2N3O3. The number of non-ortho nitro benzene ring substituents is 1. The molecule has 0 aromatic heterocycles. The van der Waals surface area contributed by atoms with Crippen LogP contribution in [0.25, 0.3) is 0 Å². The standard InChI is InChI=1S/C15H21N3O3.2ClH/c1-11(2)9-14(17-7-5-16-6-8-17)13-10-12(18(20)21)3-4-15(13)19;;/h3-4,10,14,16,19H,1,5-9H2,2H3;2*1H/t14-;;/m0../s1. The van der Waals surface area contributed by atoms with Crippen molar-refractivity contribution >= 4 is 30.5 Å². The van der Waals surface area contributed by atoms with E-state index in [0.29, 0.717) is 12.0 Å². The number of phenols is 1. The smallest absolute Gasteiger partial charge is 0.270 e. The fourth-order valence-corrected chi connectivity index (χ4v) is 2.68. The summed E-state index contributed by atoms with van der Waals surface area (Å²) in [6, 6.07) is 4.13. The molecule has 0 amide bonds. The van der Waals surface area contributed by atoms with E-state index in [1.165, 1.54) is 18.2 Å². The molecule has 1 saturated heterocycles. The Morgan fingerprint density at radius 1 is 1.43 bits per heavy atom. The van der Waals surface area contributed by atoms with E-state index in [2.05, 4.69) is 16.8 Å². The minimum Gasteiger partial charge on any atom is -0.508 e. The van der Waals surface area contributed by atoms with Crippen LogP contribution in [0, 0.1) is 10.1 Å². The van der Waals surface area contributed by atoms with Crippen molar-refractivity contribution in [2.45, 2.75) is 19.4 Å². The predicted octanol–water partition coefficient (Wildman–Crippen LogP) is 3.06. The van der Waals surface area contributed by atoms with E-state index in [0.717, 1.165) is 31.8 Å². The average Bonchev–Trinajstić information content (AvgIpc) is 2.46. The Morgan fingerprint density at radius 2 is 2.04 bits per heavy atom.